The van der Waals surface area contributed by atoms with E-state index in [1.807, 2.05) is 12.1 Å². The lowest BCUT2D eigenvalue weighted by Gasteiger charge is -2.19. The fourth-order valence-electron chi connectivity index (χ4n) is 3.69. The van der Waals surface area contributed by atoms with Crippen molar-refractivity contribution in [1.29, 1.82) is 0 Å². The number of nitro groups is 1. The molecule has 0 N–H and O–H groups in total. The van der Waals surface area contributed by atoms with E-state index in [1.165, 1.54) is 53.9 Å². The quantitative estimate of drug-likeness (QED) is 0.295. The van der Waals surface area contributed by atoms with Crippen molar-refractivity contribution in [3.05, 3.63) is 93.5 Å². The van der Waals surface area contributed by atoms with Crippen LogP contribution in [0.2, 0.25) is 0 Å². The lowest BCUT2D eigenvalue weighted by Crippen LogP contribution is -2.29. The second kappa shape index (κ2) is 8.91. The molecule has 33 heavy (non-hydrogen) atoms. The van der Waals surface area contributed by atoms with E-state index in [4.69, 9.17) is 9.47 Å². The molecule has 0 aromatic heterocycles. The molecule has 0 spiro atoms. The number of sulfonamides is 1. The van der Waals surface area contributed by atoms with Crippen molar-refractivity contribution < 1.29 is 27.6 Å². The number of non-ortho nitro benzene ring substituents is 1. The number of nitrogens with zero attached hydrogens (tertiary/aromatic N) is 2. The lowest BCUT2D eigenvalue weighted by molar-refractivity contribution is -0.385. The van der Waals surface area contributed by atoms with Gasteiger partial charge in [0.1, 0.15) is 12.4 Å². The van der Waals surface area contributed by atoms with Crippen molar-refractivity contribution in [2.45, 2.75) is 17.9 Å². The third-order valence-corrected chi connectivity index (χ3v) is 7.15. The summed E-state index contributed by atoms with van der Waals surface area (Å²) in [4.78, 5) is 23.1. The number of hydrogen-bond donors (Lipinski definition) is 0. The first kappa shape index (κ1) is 22.3. The summed E-state index contributed by atoms with van der Waals surface area (Å²) in [6.07, 6.45) is 0.613. The monoisotopic (exact) mass is 468 g/mol. The molecule has 3 aromatic rings. The normalized spacial score (nSPS) is 12.8. The van der Waals surface area contributed by atoms with E-state index in [0.29, 0.717) is 30.0 Å². The van der Waals surface area contributed by atoms with E-state index in [0.717, 1.165) is 5.56 Å². The van der Waals surface area contributed by atoms with Crippen LogP contribution < -0.4 is 9.04 Å². The third kappa shape index (κ3) is 4.37. The molecule has 1 heterocycles. The zero-order valence-corrected chi connectivity index (χ0v) is 18.4. The van der Waals surface area contributed by atoms with Gasteiger partial charge in [-0.05, 0) is 42.3 Å². The summed E-state index contributed by atoms with van der Waals surface area (Å²) < 4.78 is 38.3. The molecule has 3 aromatic carbocycles. The zero-order valence-electron chi connectivity index (χ0n) is 17.6. The van der Waals surface area contributed by atoms with Crippen molar-refractivity contribution in [3.63, 3.8) is 0 Å². The molecule has 0 fully saturated rings. The average molecular weight is 468 g/mol. The van der Waals surface area contributed by atoms with Gasteiger partial charge in [0.05, 0.1) is 28.2 Å². The first-order valence-electron chi connectivity index (χ1n) is 10.0. The van der Waals surface area contributed by atoms with Gasteiger partial charge in [0, 0.05) is 24.2 Å². The van der Waals surface area contributed by atoms with E-state index in [-0.39, 0.29) is 22.8 Å². The van der Waals surface area contributed by atoms with Crippen LogP contribution in [0.4, 0.5) is 11.4 Å². The van der Waals surface area contributed by atoms with Crippen molar-refractivity contribution in [2.75, 3.05) is 18.0 Å². The van der Waals surface area contributed by atoms with Crippen molar-refractivity contribution in [3.8, 4) is 5.75 Å². The number of hydrogen-bond acceptors (Lipinski definition) is 7. The highest BCUT2D eigenvalue weighted by atomic mass is 32.2. The van der Waals surface area contributed by atoms with E-state index in [2.05, 4.69) is 0 Å². The second-order valence-corrected chi connectivity index (χ2v) is 9.18. The molecule has 170 valence electrons. The Bertz CT molecular complexity index is 1340. The molecule has 10 heteroatoms. The summed E-state index contributed by atoms with van der Waals surface area (Å²) in [6.45, 7) is 0.0447. The summed E-state index contributed by atoms with van der Waals surface area (Å²) in [6, 6.07) is 16.9. The van der Waals surface area contributed by atoms with Crippen molar-refractivity contribution in [1.82, 2.24) is 0 Å². The van der Waals surface area contributed by atoms with Crippen LogP contribution in [-0.4, -0.2) is 33.0 Å². The Balaban J connectivity index is 1.55. The Morgan fingerprint density at radius 1 is 1.09 bits per heavy atom. The van der Waals surface area contributed by atoms with Crippen LogP contribution in [0.3, 0.4) is 0 Å². The number of para-hydroxylation sites is 1. The molecule has 9 nitrogen and oxygen atoms in total. The largest absolute Gasteiger partial charge is 0.496 e. The fraction of sp³-hybridized carbons (Fsp3) is 0.174. The van der Waals surface area contributed by atoms with Gasteiger partial charge in [0.15, 0.2) is 0 Å². The predicted molar refractivity (Wildman–Crippen MR) is 120 cm³/mol. The molecular formula is C23H20N2O7S. The molecule has 0 unspecified atom stereocenters. The van der Waals surface area contributed by atoms with E-state index in [1.54, 1.807) is 12.1 Å². The van der Waals surface area contributed by atoms with Crippen LogP contribution in [0.15, 0.2) is 71.6 Å². The van der Waals surface area contributed by atoms with Crippen LogP contribution >= 0.6 is 0 Å². The standard InChI is InChI=1S/C23H20N2O7S/c1-31-22-10-9-19(25(27)28)13-18(22)15-32-23(26)17-6-4-7-20(14-17)33(29,30)24-12-11-16-5-2-3-8-21(16)24/h2-10,13-14H,11-12,15H2,1H3. The number of fused-ring (bicyclic) bond motifs is 1. The number of esters is 1. The fourth-order valence-corrected chi connectivity index (χ4v) is 5.24. The molecule has 0 saturated carbocycles. The maximum Gasteiger partial charge on any atom is 0.338 e. The Hall–Kier alpha value is -3.92. The lowest BCUT2D eigenvalue weighted by atomic mass is 10.2. The summed E-state index contributed by atoms with van der Waals surface area (Å²) in [5, 5.41) is 11.0. The molecule has 0 aliphatic carbocycles. The predicted octanol–water partition coefficient (Wildman–Crippen LogP) is 3.71. The average Bonchev–Trinajstić information content (AvgIpc) is 3.27. The minimum atomic E-state index is -3.87. The van der Waals surface area contributed by atoms with Gasteiger partial charge in [0.2, 0.25) is 0 Å². The number of carbonyl (C=O) groups excluding carboxylic acids is 1. The molecule has 0 amide bonds. The van der Waals surface area contributed by atoms with Gasteiger partial charge in [-0.3, -0.25) is 14.4 Å². The zero-order chi connectivity index (χ0) is 23.6. The van der Waals surface area contributed by atoms with Crippen LogP contribution in [0.5, 0.6) is 5.75 Å². The van der Waals surface area contributed by atoms with Gasteiger partial charge in [-0.15, -0.1) is 0 Å². The summed E-state index contributed by atoms with van der Waals surface area (Å²) in [5.74, 6) is -0.431. The Morgan fingerprint density at radius 2 is 1.88 bits per heavy atom. The van der Waals surface area contributed by atoms with E-state index < -0.39 is 20.9 Å². The number of nitro benzene ring substituents is 1. The first-order chi connectivity index (χ1) is 15.8. The highest BCUT2D eigenvalue weighted by molar-refractivity contribution is 7.92. The van der Waals surface area contributed by atoms with Crippen LogP contribution in [0, 0.1) is 10.1 Å². The number of methoxy groups -OCH3 is 1. The third-order valence-electron chi connectivity index (χ3n) is 5.34. The van der Waals surface area contributed by atoms with Gasteiger partial charge >= 0.3 is 5.97 Å². The topological polar surface area (TPSA) is 116 Å². The number of ether oxygens (including phenoxy) is 2. The molecular weight excluding hydrogens is 448 g/mol. The summed E-state index contributed by atoms with van der Waals surface area (Å²) in [7, 11) is -2.47. The van der Waals surface area contributed by atoms with Crippen LogP contribution in [0.1, 0.15) is 21.5 Å². The Kier molecular flexibility index (Phi) is 6.01. The minimum Gasteiger partial charge on any atom is -0.496 e. The highest BCUT2D eigenvalue weighted by Gasteiger charge is 2.31. The molecule has 0 saturated heterocycles. The summed E-state index contributed by atoms with van der Waals surface area (Å²) >= 11 is 0. The highest BCUT2D eigenvalue weighted by Crippen LogP contribution is 2.33. The van der Waals surface area contributed by atoms with Crippen molar-refractivity contribution in [2.24, 2.45) is 0 Å². The minimum absolute atomic E-state index is 0.0263. The van der Waals surface area contributed by atoms with Crippen LogP contribution in [0.25, 0.3) is 0 Å². The van der Waals surface area contributed by atoms with Gasteiger partial charge < -0.3 is 9.47 Å². The number of carbonyl (C=O) groups is 1. The SMILES string of the molecule is COc1ccc([N+](=O)[O-])cc1COC(=O)c1cccc(S(=O)(=O)N2CCc3ccccc32)c1. The Labute approximate surface area is 190 Å². The molecule has 0 atom stereocenters. The van der Waals surface area contributed by atoms with Gasteiger partial charge in [-0.1, -0.05) is 24.3 Å². The van der Waals surface area contributed by atoms with Gasteiger partial charge in [-0.2, -0.15) is 0 Å². The number of benzene rings is 3. The number of anilines is 1. The van der Waals surface area contributed by atoms with Crippen LogP contribution in [-0.2, 0) is 27.8 Å². The van der Waals surface area contributed by atoms with Gasteiger partial charge in [-0.25, -0.2) is 13.2 Å². The van der Waals surface area contributed by atoms with Gasteiger partial charge in [0.25, 0.3) is 15.7 Å². The molecule has 1 aliphatic rings. The second-order valence-electron chi connectivity index (χ2n) is 7.31. The molecule has 0 radical (unpaired) electrons. The Morgan fingerprint density at radius 3 is 2.64 bits per heavy atom. The molecule has 4 rings (SSSR count). The van der Waals surface area contributed by atoms with Crippen molar-refractivity contribution >= 4 is 27.4 Å². The maximum atomic E-state index is 13.2. The summed E-state index contributed by atoms with van der Waals surface area (Å²) in [5.41, 5.74) is 1.78. The molecule has 0 bridgehead atoms. The van der Waals surface area contributed by atoms with E-state index in [9.17, 15) is 23.3 Å². The molecule has 1 aliphatic heterocycles. The smallest absolute Gasteiger partial charge is 0.338 e. The maximum absolute atomic E-state index is 13.2. The van der Waals surface area contributed by atoms with E-state index >= 15 is 0 Å². The number of rotatable bonds is 7. The first-order valence-corrected chi connectivity index (χ1v) is 11.4.